The van der Waals surface area contributed by atoms with Crippen molar-refractivity contribution in [3.05, 3.63) is 23.9 Å². The van der Waals surface area contributed by atoms with Crippen molar-refractivity contribution in [1.82, 2.24) is 19.9 Å². The second kappa shape index (κ2) is 5.80. The SMILES string of the molecule is COc1nc(-c2cnc(SC)nc2)nc(F)c1C(F)(F)F. The molecule has 112 valence electrons. The van der Waals surface area contributed by atoms with E-state index < -0.39 is 23.6 Å². The van der Waals surface area contributed by atoms with Crippen LogP contribution >= 0.6 is 11.8 Å². The fraction of sp³-hybridized carbons (Fsp3) is 0.273. The molecule has 0 saturated heterocycles. The van der Waals surface area contributed by atoms with E-state index in [1.807, 2.05) is 0 Å². The first kappa shape index (κ1) is 15.4. The minimum absolute atomic E-state index is 0.179. The van der Waals surface area contributed by atoms with Gasteiger partial charge in [-0.2, -0.15) is 27.5 Å². The van der Waals surface area contributed by atoms with Crippen molar-refractivity contribution >= 4 is 11.8 Å². The van der Waals surface area contributed by atoms with Crippen LogP contribution < -0.4 is 4.74 Å². The van der Waals surface area contributed by atoms with Gasteiger partial charge in [-0.3, -0.25) is 0 Å². The molecule has 0 amide bonds. The van der Waals surface area contributed by atoms with Gasteiger partial charge in [0, 0.05) is 12.4 Å². The number of methoxy groups -OCH3 is 1. The minimum atomic E-state index is -4.95. The van der Waals surface area contributed by atoms with Gasteiger partial charge < -0.3 is 4.74 Å². The van der Waals surface area contributed by atoms with Gasteiger partial charge in [0.1, 0.15) is 0 Å². The number of hydrogen-bond donors (Lipinski definition) is 0. The number of halogens is 4. The van der Waals surface area contributed by atoms with E-state index in [1.165, 1.54) is 24.2 Å². The van der Waals surface area contributed by atoms with Crippen LogP contribution in [0.4, 0.5) is 17.6 Å². The lowest BCUT2D eigenvalue weighted by Crippen LogP contribution is -2.14. The third-order valence-electron chi connectivity index (χ3n) is 2.38. The second-order valence-electron chi connectivity index (χ2n) is 3.68. The summed E-state index contributed by atoms with van der Waals surface area (Å²) < 4.78 is 56.2. The molecule has 0 radical (unpaired) electrons. The number of alkyl halides is 3. The number of hydrogen-bond acceptors (Lipinski definition) is 6. The van der Waals surface area contributed by atoms with E-state index in [2.05, 4.69) is 24.7 Å². The fourth-order valence-corrected chi connectivity index (χ4v) is 1.78. The van der Waals surface area contributed by atoms with Crippen molar-refractivity contribution in [3.63, 3.8) is 0 Å². The smallest absolute Gasteiger partial charge is 0.426 e. The van der Waals surface area contributed by atoms with Gasteiger partial charge in [-0.25, -0.2) is 9.97 Å². The third-order valence-corrected chi connectivity index (χ3v) is 2.95. The Hall–Kier alpha value is -1.97. The number of aromatic nitrogens is 4. The van der Waals surface area contributed by atoms with Crippen LogP contribution in [-0.4, -0.2) is 33.3 Å². The van der Waals surface area contributed by atoms with Gasteiger partial charge in [0.2, 0.25) is 11.8 Å². The maximum Gasteiger partial charge on any atom is 0.426 e. The van der Waals surface area contributed by atoms with Gasteiger partial charge in [0.15, 0.2) is 16.5 Å². The van der Waals surface area contributed by atoms with Gasteiger partial charge >= 0.3 is 6.18 Å². The summed E-state index contributed by atoms with van der Waals surface area (Å²) in [6, 6.07) is 0. The zero-order valence-corrected chi connectivity index (χ0v) is 11.6. The van der Waals surface area contributed by atoms with Gasteiger partial charge in [0.05, 0.1) is 12.7 Å². The van der Waals surface area contributed by atoms with Crippen molar-refractivity contribution in [2.75, 3.05) is 13.4 Å². The Bertz CT molecular complexity index is 648. The lowest BCUT2D eigenvalue weighted by atomic mass is 10.2. The predicted octanol–water partition coefficient (Wildman–Crippen LogP) is 2.82. The molecule has 0 aliphatic carbocycles. The number of ether oxygens (including phenoxy) is 1. The largest absolute Gasteiger partial charge is 0.480 e. The third kappa shape index (κ3) is 3.20. The molecule has 0 unspecified atom stereocenters. The molecular formula is C11H8F4N4OS. The van der Waals surface area contributed by atoms with Crippen molar-refractivity contribution in [2.45, 2.75) is 11.3 Å². The molecule has 2 aromatic heterocycles. The molecule has 10 heteroatoms. The summed E-state index contributed by atoms with van der Waals surface area (Å²) in [5.74, 6) is -2.89. The van der Waals surface area contributed by atoms with E-state index in [0.29, 0.717) is 5.16 Å². The van der Waals surface area contributed by atoms with E-state index in [0.717, 1.165) is 7.11 Å². The van der Waals surface area contributed by atoms with E-state index in [-0.39, 0.29) is 11.4 Å². The topological polar surface area (TPSA) is 60.8 Å². The Morgan fingerprint density at radius 2 is 1.76 bits per heavy atom. The molecule has 2 heterocycles. The van der Waals surface area contributed by atoms with Crippen LogP contribution in [0.1, 0.15) is 5.56 Å². The summed E-state index contributed by atoms with van der Waals surface area (Å²) in [7, 11) is 0.966. The highest BCUT2D eigenvalue weighted by Gasteiger charge is 2.40. The highest BCUT2D eigenvalue weighted by molar-refractivity contribution is 7.98. The number of nitrogens with zero attached hydrogens (tertiary/aromatic N) is 4. The molecule has 5 nitrogen and oxygen atoms in total. The van der Waals surface area contributed by atoms with E-state index in [4.69, 9.17) is 0 Å². The van der Waals surface area contributed by atoms with Gasteiger partial charge in [-0.15, -0.1) is 0 Å². The van der Waals surface area contributed by atoms with Crippen LogP contribution in [0.3, 0.4) is 0 Å². The molecule has 0 atom stereocenters. The molecule has 0 aliphatic heterocycles. The van der Waals surface area contributed by atoms with E-state index in [9.17, 15) is 17.6 Å². The van der Waals surface area contributed by atoms with Crippen LogP contribution in [0.25, 0.3) is 11.4 Å². The molecule has 0 spiro atoms. The normalized spacial score (nSPS) is 11.5. The average Bonchev–Trinajstić information content (AvgIpc) is 2.45. The number of thioether (sulfide) groups is 1. The molecule has 0 fully saturated rings. The summed E-state index contributed by atoms with van der Waals surface area (Å²) in [5, 5.41) is 0.457. The molecule has 0 aliphatic rings. The standard InChI is InChI=1S/C11H8F4N4OS/c1-20-9-6(11(13,14)15)7(12)18-8(19-9)5-3-16-10(21-2)17-4-5/h3-4H,1-2H3. The minimum Gasteiger partial charge on any atom is -0.480 e. The zero-order valence-electron chi connectivity index (χ0n) is 10.8. The quantitative estimate of drug-likeness (QED) is 0.375. The first-order valence-corrected chi connectivity index (χ1v) is 6.64. The molecule has 0 bridgehead atoms. The Labute approximate surface area is 120 Å². The molecule has 2 rings (SSSR count). The summed E-state index contributed by atoms with van der Waals surface area (Å²) >= 11 is 1.28. The molecule has 2 aromatic rings. The monoisotopic (exact) mass is 320 g/mol. The van der Waals surface area contributed by atoms with Gasteiger partial charge in [-0.1, -0.05) is 11.8 Å². The lowest BCUT2D eigenvalue weighted by molar-refractivity contribution is -0.142. The van der Waals surface area contributed by atoms with Crippen molar-refractivity contribution in [3.8, 4) is 17.3 Å². The van der Waals surface area contributed by atoms with Crippen molar-refractivity contribution in [2.24, 2.45) is 0 Å². The summed E-state index contributed by atoms with van der Waals surface area (Å²) in [6.07, 6.45) is -0.611. The first-order chi connectivity index (χ1) is 9.86. The fourth-order valence-electron chi connectivity index (χ4n) is 1.47. The highest BCUT2D eigenvalue weighted by atomic mass is 32.2. The molecule has 0 aromatic carbocycles. The van der Waals surface area contributed by atoms with Crippen LogP contribution in [0.5, 0.6) is 5.88 Å². The van der Waals surface area contributed by atoms with Crippen LogP contribution in [0.2, 0.25) is 0 Å². The summed E-state index contributed by atoms with van der Waals surface area (Å²) in [5.41, 5.74) is -1.46. The first-order valence-electron chi connectivity index (χ1n) is 5.42. The van der Waals surface area contributed by atoms with Crippen molar-refractivity contribution < 1.29 is 22.3 Å². The van der Waals surface area contributed by atoms with Crippen LogP contribution in [0.15, 0.2) is 17.6 Å². The van der Waals surface area contributed by atoms with Gasteiger partial charge in [0.25, 0.3) is 0 Å². The van der Waals surface area contributed by atoms with Crippen LogP contribution in [-0.2, 0) is 6.18 Å². The van der Waals surface area contributed by atoms with E-state index >= 15 is 0 Å². The summed E-state index contributed by atoms with van der Waals surface area (Å²) in [4.78, 5) is 14.6. The molecule has 0 N–H and O–H groups in total. The Morgan fingerprint density at radius 1 is 1.14 bits per heavy atom. The molecule has 21 heavy (non-hydrogen) atoms. The Balaban J connectivity index is 2.53. The molecule has 0 saturated carbocycles. The van der Waals surface area contributed by atoms with Crippen LogP contribution in [0, 0.1) is 5.95 Å². The lowest BCUT2D eigenvalue weighted by Gasteiger charge is -2.12. The number of rotatable bonds is 3. The second-order valence-corrected chi connectivity index (χ2v) is 4.45. The van der Waals surface area contributed by atoms with Crippen molar-refractivity contribution in [1.29, 1.82) is 0 Å². The maximum absolute atomic E-state index is 13.6. The Morgan fingerprint density at radius 3 is 2.24 bits per heavy atom. The maximum atomic E-state index is 13.6. The summed E-state index contributed by atoms with van der Waals surface area (Å²) in [6.45, 7) is 0. The predicted molar refractivity (Wildman–Crippen MR) is 66.4 cm³/mol. The van der Waals surface area contributed by atoms with Gasteiger partial charge in [-0.05, 0) is 6.26 Å². The highest BCUT2D eigenvalue weighted by Crippen LogP contribution is 2.37. The zero-order chi connectivity index (χ0) is 15.6. The molecular weight excluding hydrogens is 312 g/mol. The van der Waals surface area contributed by atoms with E-state index in [1.54, 1.807) is 6.26 Å². The Kier molecular flexibility index (Phi) is 4.26. The average molecular weight is 320 g/mol.